The van der Waals surface area contributed by atoms with Gasteiger partial charge in [0.15, 0.2) is 13.2 Å². The monoisotopic (exact) mass is 683 g/mol. The molecule has 0 bridgehead atoms. The molecule has 1 aliphatic heterocycles. The predicted octanol–water partition coefficient (Wildman–Crippen LogP) is 7.18. The van der Waals surface area contributed by atoms with Crippen LogP contribution in [0.1, 0.15) is 62.1 Å². The summed E-state index contributed by atoms with van der Waals surface area (Å²) >= 11 is 23.8. The zero-order valence-corrected chi connectivity index (χ0v) is 25.7. The molecular weight excluding hydrogens is 668 g/mol. The Hall–Kier alpha value is -4.54. The normalized spacial score (nSPS) is 12.1. The Bertz CT molecular complexity index is 1940. The lowest BCUT2D eigenvalue weighted by Gasteiger charge is -2.17. The molecule has 0 saturated carbocycles. The van der Waals surface area contributed by atoms with Gasteiger partial charge in [0, 0.05) is 21.2 Å². The molecule has 0 aliphatic carbocycles. The SMILES string of the molecule is O=C(OCC(=O)c1ccc(Cl)cc1Cl)c1ccc2c(c1)C(=O)N(c1ccccc1C(=O)OCC(=O)c1ccc(Cl)cc1Cl)C2=O. The van der Waals surface area contributed by atoms with Crippen molar-refractivity contribution in [3.8, 4) is 0 Å². The minimum absolute atomic E-state index is 0.0312. The van der Waals surface area contributed by atoms with Gasteiger partial charge < -0.3 is 9.47 Å². The number of Topliss-reactive ketones (excluding diaryl/α,β-unsaturated/α-hetero) is 2. The number of amides is 2. The Morgan fingerprint density at radius 3 is 1.69 bits per heavy atom. The van der Waals surface area contributed by atoms with Gasteiger partial charge in [0.1, 0.15) is 0 Å². The molecule has 226 valence electrons. The maximum Gasteiger partial charge on any atom is 0.340 e. The lowest BCUT2D eigenvalue weighted by molar-refractivity contribution is 0.0472. The molecule has 0 atom stereocenters. The number of imide groups is 1. The summed E-state index contributed by atoms with van der Waals surface area (Å²) in [6, 6.07) is 17.8. The number of esters is 2. The van der Waals surface area contributed by atoms with Gasteiger partial charge in [-0.3, -0.25) is 19.2 Å². The average Bonchev–Trinajstić information content (AvgIpc) is 3.26. The van der Waals surface area contributed by atoms with Crippen LogP contribution in [0.2, 0.25) is 20.1 Å². The number of hydrogen-bond acceptors (Lipinski definition) is 8. The van der Waals surface area contributed by atoms with Crippen LogP contribution in [0, 0.1) is 0 Å². The highest BCUT2D eigenvalue weighted by Crippen LogP contribution is 2.32. The van der Waals surface area contributed by atoms with E-state index in [0.29, 0.717) is 10.0 Å². The van der Waals surface area contributed by atoms with Gasteiger partial charge in [0.25, 0.3) is 11.8 Å². The number of nitrogens with zero attached hydrogens (tertiary/aromatic N) is 1. The molecule has 0 aromatic heterocycles. The van der Waals surface area contributed by atoms with Gasteiger partial charge in [0.2, 0.25) is 11.6 Å². The first-order valence-electron chi connectivity index (χ1n) is 12.9. The van der Waals surface area contributed by atoms with Crippen LogP contribution in [0.5, 0.6) is 0 Å². The third kappa shape index (κ3) is 6.62. The minimum atomic E-state index is -0.977. The van der Waals surface area contributed by atoms with Crippen LogP contribution < -0.4 is 4.90 Å². The van der Waals surface area contributed by atoms with Crippen molar-refractivity contribution < 1.29 is 38.2 Å². The molecule has 9 nitrogen and oxygen atoms in total. The molecule has 0 unspecified atom stereocenters. The van der Waals surface area contributed by atoms with Gasteiger partial charge in [-0.2, -0.15) is 0 Å². The quantitative estimate of drug-likeness (QED) is 0.103. The molecule has 5 rings (SSSR count). The van der Waals surface area contributed by atoms with Gasteiger partial charge in [-0.05, 0) is 66.7 Å². The molecule has 45 heavy (non-hydrogen) atoms. The molecule has 2 amide bonds. The van der Waals surface area contributed by atoms with Crippen molar-refractivity contribution >= 4 is 87.4 Å². The highest BCUT2D eigenvalue weighted by atomic mass is 35.5. The van der Waals surface area contributed by atoms with Crippen molar-refractivity contribution in [2.45, 2.75) is 0 Å². The molecule has 13 heteroatoms. The average molecular weight is 685 g/mol. The third-order valence-electron chi connectivity index (χ3n) is 6.62. The number of ether oxygens (including phenoxy) is 2. The second-order valence-corrected chi connectivity index (χ2v) is 11.2. The molecule has 0 fully saturated rings. The number of rotatable bonds is 9. The maximum absolute atomic E-state index is 13.4. The van der Waals surface area contributed by atoms with Crippen LogP contribution in [0.15, 0.2) is 78.9 Å². The fourth-order valence-electron chi connectivity index (χ4n) is 4.44. The van der Waals surface area contributed by atoms with E-state index in [9.17, 15) is 28.8 Å². The smallest absolute Gasteiger partial charge is 0.340 e. The van der Waals surface area contributed by atoms with E-state index in [4.69, 9.17) is 55.9 Å². The van der Waals surface area contributed by atoms with Gasteiger partial charge in [0.05, 0.1) is 38.0 Å². The number of carbonyl (C=O) groups is 6. The van der Waals surface area contributed by atoms with Gasteiger partial charge in [-0.25, -0.2) is 14.5 Å². The Morgan fingerprint density at radius 1 is 0.578 bits per heavy atom. The zero-order chi connectivity index (χ0) is 32.4. The maximum atomic E-state index is 13.4. The summed E-state index contributed by atoms with van der Waals surface area (Å²) in [5.74, 6) is -4.66. The van der Waals surface area contributed by atoms with Crippen molar-refractivity contribution in [3.63, 3.8) is 0 Å². The summed E-state index contributed by atoms with van der Waals surface area (Å²) < 4.78 is 10.3. The molecule has 4 aromatic rings. The number of halogens is 4. The van der Waals surface area contributed by atoms with E-state index in [-0.39, 0.29) is 49.1 Å². The van der Waals surface area contributed by atoms with Crippen molar-refractivity contribution in [2.24, 2.45) is 0 Å². The van der Waals surface area contributed by atoms with Crippen LogP contribution in [0.4, 0.5) is 5.69 Å². The first-order chi connectivity index (χ1) is 21.5. The number of fused-ring (bicyclic) bond motifs is 1. The van der Waals surface area contributed by atoms with E-state index in [1.165, 1.54) is 72.8 Å². The molecular formula is C32H17Cl4NO8. The zero-order valence-electron chi connectivity index (χ0n) is 22.6. The van der Waals surface area contributed by atoms with Crippen molar-refractivity contribution in [1.82, 2.24) is 0 Å². The first kappa shape index (κ1) is 31.9. The standard InChI is InChI=1S/C32H17Cl4NO8/c33-17-6-9-20(24(35)12-17)27(38)14-44-31(42)16-5-8-19-23(11-16)30(41)37(29(19)40)26-4-2-1-3-22(26)32(43)45-15-28(39)21-10-7-18(34)13-25(21)36/h1-13H,14-15H2. The van der Waals surface area contributed by atoms with E-state index in [2.05, 4.69) is 0 Å². The predicted molar refractivity (Wildman–Crippen MR) is 166 cm³/mol. The van der Waals surface area contributed by atoms with E-state index in [0.717, 1.165) is 11.0 Å². The highest BCUT2D eigenvalue weighted by molar-refractivity contribution is 6.38. The van der Waals surface area contributed by atoms with Gasteiger partial charge in [-0.1, -0.05) is 58.5 Å². The summed E-state index contributed by atoms with van der Waals surface area (Å²) in [5.41, 5.74) is -0.321. The summed E-state index contributed by atoms with van der Waals surface area (Å²) in [4.78, 5) is 78.3. The largest absolute Gasteiger partial charge is 0.454 e. The first-order valence-corrected chi connectivity index (χ1v) is 14.4. The summed E-state index contributed by atoms with van der Waals surface area (Å²) in [5, 5.41) is 0.818. The summed E-state index contributed by atoms with van der Waals surface area (Å²) in [7, 11) is 0. The number of ketones is 2. The van der Waals surface area contributed by atoms with E-state index >= 15 is 0 Å². The van der Waals surface area contributed by atoms with Crippen molar-refractivity contribution in [2.75, 3.05) is 18.1 Å². The molecule has 0 spiro atoms. The molecule has 4 aromatic carbocycles. The van der Waals surface area contributed by atoms with E-state index in [1.54, 1.807) is 0 Å². The van der Waals surface area contributed by atoms with E-state index < -0.39 is 48.5 Å². The second kappa shape index (κ2) is 13.2. The van der Waals surface area contributed by atoms with Crippen LogP contribution in [0.25, 0.3) is 0 Å². The van der Waals surface area contributed by atoms with E-state index in [1.807, 2.05) is 0 Å². The lowest BCUT2D eigenvalue weighted by Crippen LogP contribution is -2.31. The molecule has 0 radical (unpaired) electrons. The fraction of sp³-hybridized carbons (Fsp3) is 0.0625. The number of carbonyl (C=O) groups excluding carboxylic acids is 6. The number of para-hydroxylation sites is 1. The topological polar surface area (TPSA) is 124 Å². The van der Waals surface area contributed by atoms with Crippen molar-refractivity contribution in [3.05, 3.63) is 132 Å². The summed E-state index contributed by atoms with van der Waals surface area (Å²) in [6.45, 7) is -1.31. The second-order valence-electron chi connectivity index (χ2n) is 9.47. The molecule has 0 N–H and O–H groups in total. The molecule has 1 heterocycles. The number of anilines is 1. The van der Waals surface area contributed by atoms with Gasteiger partial charge in [-0.15, -0.1) is 0 Å². The van der Waals surface area contributed by atoms with Crippen LogP contribution in [0.3, 0.4) is 0 Å². The highest BCUT2D eigenvalue weighted by Gasteiger charge is 2.39. The molecule has 0 saturated heterocycles. The Morgan fingerprint density at radius 2 is 1.11 bits per heavy atom. The number of hydrogen-bond donors (Lipinski definition) is 0. The lowest BCUT2D eigenvalue weighted by atomic mass is 10.1. The molecule has 1 aliphatic rings. The van der Waals surface area contributed by atoms with Crippen LogP contribution in [-0.2, 0) is 9.47 Å². The Balaban J connectivity index is 1.30. The van der Waals surface area contributed by atoms with Crippen LogP contribution in [-0.4, -0.2) is 48.5 Å². The third-order valence-corrected chi connectivity index (χ3v) is 7.71. The van der Waals surface area contributed by atoms with Crippen LogP contribution >= 0.6 is 46.4 Å². The Kier molecular flexibility index (Phi) is 9.36. The minimum Gasteiger partial charge on any atom is -0.454 e. The number of benzene rings is 4. The van der Waals surface area contributed by atoms with Crippen molar-refractivity contribution in [1.29, 1.82) is 0 Å². The Labute approximate surface area is 275 Å². The van der Waals surface area contributed by atoms with Gasteiger partial charge >= 0.3 is 11.9 Å². The summed E-state index contributed by atoms with van der Waals surface area (Å²) in [6.07, 6.45) is 0. The fourth-order valence-corrected chi connectivity index (χ4v) is 5.47.